The van der Waals surface area contributed by atoms with Gasteiger partial charge in [0.15, 0.2) is 0 Å². The Bertz CT molecular complexity index is 985. The zero-order valence-corrected chi connectivity index (χ0v) is 19.2. The number of para-hydroxylation sites is 1. The van der Waals surface area contributed by atoms with Crippen molar-refractivity contribution in [3.8, 4) is 11.5 Å². The number of hydrogen-bond donors (Lipinski definition) is 0. The molecule has 1 aromatic heterocycles. The van der Waals surface area contributed by atoms with Gasteiger partial charge in [-0.3, -0.25) is 4.90 Å². The lowest BCUT2D eigenvalue weighted by molar-refractivity contribution is 0.211. The molecule has 31 heavy (non-hydrogen) atoms. The van der Waals surface area contributed by atoms with E-state index >= 15 is 0 Å². The summed E-state index contributed by atoms with van der Waals surface area (Å²) in [5, 5.41) is 0. The average Bonchev–Trinajstić information content (AvgIpc) is 3.11. The first-order chi connectivity index (χ1) is 15.2. The Morgan fingerprint density at radius 1 is 0.935 bits per heavy atom. The molecule has 1 aliphatic heterocycles. The zero-order valence-electron chi connectivity index (χ0n) is 19.2. The number of nitrogens with zero attached hydrogens (tertiary/aromatic N) is 3. The van der Waals surface area contributed by atoms with Gasteiger partial charge in [-0.25, -0.2) is 4.98 Å². The van der Waals surface area contributed by atoms with Crippen molar-refractivity contribution in [2.45, 2.75) is 59.5 Å². The van der Waals surface area contributed by atoms with E-state index in [4.69, 9.17) is 14.5 Å². The lowest BCUT2D eigenvalue weighted by atomic mass is 10.1. The molecule has 2 aromatic carbocycles. The van der Waals surface area contributed by atoms with Crippen LogP contribution < -0.4 is 9.47 Å². The smallest absolute Gasteiger partial charge is 0.125 e. The summed E-state index contributed by atoms with van der Waals surface area (Å²) in [6.45, 7) is 11.7. The number of benzene rings is 2. The minimum atomic E-state index is 0.623. The van der Waals surface area contributed by atoms with E-state index in [2.05, 4.69) is 66.6 Å². The molecule has 0 spiro atoms. The number of ether oxygens (including phenoxy) is 2. The molecule has 0 amide bonds. The highest BCUT2D eigenvalue weighted by Gasteiger charge is 2.17. The van der Waals surface area contributed by atoms with Crippen molar-refractivity contribution in [3.63, 3.8) is 0 Å². The number of aromatic nitrogens is 2. The van der Waals surface area contributed by atoms with Crippen molar-refractivity contribution in [3.05, 3.63) is 53.3 Å². The minimum Gasteiger partial charge on any atom is -0.494 e. The summed E-state index contributed by atoms with van der Waals surface area (Å²) >= 11 is 0. The van der Waals surface area contributed by atoms with Gasteiger partial charge in [0.1, 0.15) is 23.9 Å². The third kappa shape index (κ3) is 5.21. The molecule has 0 atom stereocenters. The summed E-state index contributed by atoms with van der Waals surface area (Å²) in [5.41, 5.74) is 4.53. The quantitative estimate of drug-likeness (QED) is 0.457. The van der Waals surface area contributed by atoms with Gasteiger partial charge < -0.3 is 14.0 Å². The number of likely N-dealkylation sites (tertiary alicyclic amines) is 1. The number of fused-ring (bicyclic) bond motifs is 1. The molecule has 166 valence electrons. The summed E-state index contributed by atoms with van der Waals surface area (Å²) in [4.78, 5) is 7.55. The van der Waals surface area contributed by atoms with E-state index < -0.39 is 0 Å². The zero-order chi connectivity index (χ0) is 21.6. The Kier molecular flexibility index (Phi) is 7.13. The number of imidazole rings is 1. The van der Waals surface area contributed by atoms with Crippen LogP contribution in [0.3, 0.4) is 0 Å². The summed E-state index contributed by atoms with van der Waals surface area (Å²) < 4.78 is 14.4. The highest BCUT2D eigenvalue weighted by atomic mass is 16.5. The summed E-state index contributed by atoms with van der Waals surface area (Å²) in [6.07, 6.45) is 4.91. The van der Waals surface area contributed by atoms with Crippen LogP contribution in [0.15, 0.2) is 36.4 Å². The van der Waals surface area contributed by atoms with Crippen LogP contribution in [0.5, 0.6) is 11.5 Å². The lowest BCUT2D eigenvalue weighted by Gasteiger charge is -2.26. The topological polar surface area (TPSA) is 39.5 Å². The van der Waals surface area contributed by atoms with Crippen molar-refractivity contribution < 1.29 is 9.47 Å². The second-order valence-corrected chi connectivity index (χ2v) is 8.58. The Labute approximate surface area is 186 Å². The van der Waals surface area contributed by atoms with Crippen molar-refractivity contribution in [2.75, 3.05) is 26.3 Å². The van der Waals surface area contributed by atoms with E-state index in [1.807, 2.05) is 0 Å². The standard InChI is InChI=1S/C26H35N3O2/c1-4-16-30-22-11-12-24-23(18-22)27-25(19-28-13-6-5-7-14-28)29(24)15-17-31-26-20(2)9-8-10-21(26)3/h8-12,18H,4-7,13-17,19H2,1-3H3. The fourth-order valence-electron chi connectivity index (χ4n) is 4.42. The van der Waals surface area contributed by atoms with Crippen molar-refractivity contribution in [1.82, 2.24) is 14.5 Å². The maximum absolute atomic E-state index is 6.22. The van der Waals surface area contributed by atoms with Crippen LogP contribution in [0.25, 0.3) is 11.0 Å². The summed E-state index contributed by atoms with van der Waals surface area (Å²) in [5.74, 6) is 3.02. The van der Waals surface area contributed by atoms with Gasteiger partial charge in [-0.15, -0.1) is 0 Å². The molecule has 4 rings (SSSR count). The van der Waals surface area contributed by atoms with Gasteiger partial charge in [-0.2, -0.15) is 0 Å². The maximum atomic E-state index is 6.22. The minimum absolute atomic E-state index is 0.623. The van der Waals surface area contributed by atoms with Gasteiger partial charge in [-0.05, 0) is 69.5 Å². The summed E-state index contributed by atoms with van der Waals surface area (Å²) in [7, 11) is 0. The lowest BCUT2D eigenvalue weighted by Crippen LogP contribution is -2.30. The molecule has 0 radical (unpaired) electrons. The normalized spacial score (nSPS) is 14.8. The molecule has 2 heterocycles. The third-order valence-electron chi connectivity index (χ3n) is 6.06. The Hall–Kier alpha value is -2.53. The molecule has 1 fully saturated rings. The van der Waals surface area contributed by atoms with Crippen molar-refractivity contribution in [2.24, 2.45) is 0 Å². The number of rotatable bonds is 9. The molecule has 0 bridgehead atoms. The molecule has 3 aromatic rings. The van der Waals surface area contributed by atoms with Crippen molar-refractivity contribution in [1.29, 1.82) is 0 Å². The molecule has 0 unspecified atom stereocenters. The molecule has 1 aliphatic rings. The van der Waals surface area contributed by atoms with E-state index in [1.165, 1.54) is 30.4 Å². The van der Waals surface area contributed by atoms with Gasteiger partial charge in [-0.1, -0.05) is 31.5 Å². The molecule has 0 aliphatic carbocycles. The first-order valence-electron chi connectivity index (χ1n) is 11.7. The van der Waals surface area contributed by atoms with E-state index in [-0.39, 0.29) is 0 Å². The predicted octanol–water partition coefficient (Wildman–Crippen LogP) is 5.51. The fraction of sp³-hybridized carbons (Fsp3) is 0.500. The SMILES string of the molecule is CCCOc1ccc2c(c1)nc(CN1CCCCC1)n2CCOc1c(C)cccc1C. The van der Waals surface area contributed by atoms with E-state index in [9.17, 15) is 0 Å². The van der Waals surface area contributed by atoms with Crippen LogP contribution in [0.2, 0.25) is 0 Å². The van der Waals surface area contributed by atoms with Gasteiger partial charge in [0, 0.05) is 6.07 Å². The van der Waals surface area contributed by atoms with Gasteiger partial charge >= 0.3 is 0 Å². The largest absolute Gasteiger partial charge is 0.494 e. The van der Waals surface area contributed by atoms with Crippen molar-refractivity contribution >= 4 is 11.0 Å². The predicted molar refractivity (Wildman–Crippen MR) is 126 cm³/mol. The Morgan fingerprint density at radius 2 is 1.71 bits per heavy atom. The molecule has 5 nitrogen and oxygen atoms in total. The highest BCUT2D eigenvalue weighted by Crippen LogP contribution is 2.25. The fourth-order valence-corrected chi connectivity index (χ4v) is 4.42. The van der Waals surface area contributed by atoms with E-state index in [0.29, 0.717) is 6.61 Å². The Morgan fingerprint density at radius 3 is 2.45 bits per heavy atom. The highest BCUT2D eigenvalue weighted by molar-refractivity contribution is 5.77. The van der Waals surface area contributed by atoms with E-state index in [1.54, 1.807) is 0 Å². The number of aryl methyl sites for hydroxylation is 2. The summed E-state index contributed by atoms with van der Waals surface area (Å²) in [6, 6.07) is 12.6. The van der Waals surface area contributed by atoms with Crippen LogP contribution in [0.1, 0.15) is 49.6 Å². The molecule has 0 saturated carbocycles. The number of piperidine rings is 1. The monoisotopic (exact) mass is 421 g/mol. The first-order valence-corrected chi connectivity index (χ1v) is 11.7. The molecular weight excluding hydrogens is 386 g/mol. The van der Waals surface area contributed by atoms with Crippen LogP contribution in [-0.4, -0.2) is 40.8 Å². The second kappa shape index (κ2) is 10.2. The van der Waals surface area contributed by atoms with Crippen LogP contribution in [0.4, 0.5) is 0 Å². The van der Waals surface area contributed by atoms with Gasteiger partial charge in [0.05, 0.1) is 30.7 Å². The second-order valence-electron chi connectivity index (χ2n) is 8.58. The first kappa shape index (κ1) is 21.7. The molecule has 5 heteroatoms. The average molecular weight is 422 g/mol. The molecule has 0 N–H and O–H groups in total. The maximum Gasteiger partial charge on any atom is 0.125 e. The third-order valence-corrected chi connectivity index (χ3v) is 6.06. The van der Waals surface area contributed by atoms with E-state index in [0.717, 1.165) is 67.6 Å². The Balaban J connectivity index is 1.56. The molecule has 1 saturated heterocycles. The van der Waals surface area contributed by atoms with Gasteiger partial charge in [0.25, 0.3) is 0 Å². The molecular formula is C26H35N3O2. The number of hydrogen-bond acceptors (Lipinski definition) is 4. The van der Waals surface area contributed by atoms with Crippen LogP contribution in [0, 0.1) is 13.8 Å². The van der Waals surface area contributed by atoms with Crippen LogP contribution in [-0.2, 0) is 13.1 Å². The van der Waals surface area contributed by atoms with Crippen LogP contribution >= 0.6 is 0 Å². The van der Waals surface area contributed by atoms with Gasteiger partial charge in [0.2, 0.25) is 0 Å².